The largest absolute Gasteiger partial charge is 0.465 e. The smallest absolute Gasteiger partial charge is 0.339 e. The average molecular weight is 284 g/mol. The molecule has 0 atom stereocenters. The molecule has 0 saturated carbocycles. The van der Waals surface area contributed by atoms with Gasteiger partial charge in [-0.2, -0.15) is 0 Å². The van der Waals surface area contributed by atoms with Crippen LogP contribution in [0.1, 0.15) is 10.4 Å². The Morgan fingerprint density at radius 3 is 2.68 bits per heavy atom. The molecule has 3 N–H and O–H groups in total. The highest BCUT2D eigenvalue weighted by Gasteiger charge is 2.21. The molecule has 0 spiro atoms. The van der Waals surface area contributed by atoms with Crippen LogP contribution in [0.3, 0.4) is 0 Å². The van der Waals surface area contributed by atoms with Gasteiger partial charge in [0.2, 0.25) is 10.0 Å². The van der Waals surface area contributed by atoms with Crippen LogP contribution in [-0.2, 0) is 14.8 Å². The first kappa shape index (κ1) is 15.4. The first-order valence-electron chi connectivity index (χ1n) is 5.55. The number of sulfonamides is 1. The van der Waals surface area contributed by atoms with Gasteiger partial charge in [0.15, 0.2) is 0 Å². The van der Waals surface area contributed by atoms with Gasteiger partial charge in [0.25, 0.3) is 0 Å². The SMILES string of the molecule is COC(=O)c1ccccc1S(=O)(=O)NC/C=C/CN. The summed E-state index contributed by atoms with van der Waals surface area (Å²) in [5.74, 6) is -0.696. The third-order valence-corrected chi connectivity index (χ3v) is 3.76. The van der Waals surface area contributed by atoms with Crippen molar-refractivity contribution in [3.8, 4) is 0 Å². The van der Waals surface area contributed by atoms with Gasteiger partial charge in [0.05, 0.1) is 17.6 Å². The molecule has 19 heavy (non-hydrogen) atoms. The van der Waals surface area contributed by atoms with Crippen molar-refractivity contribution >= 4 is 16.0 Å². The molecule has 0 unspecified atom stereocenters. The number of benzene rings is 1. The van der Waals surface area contributed by atoms with Crippen LogP contribution in [-0.4, -0.2) is 34.6 Å². The number of nitrogens with one attached hydrogen (secondary N) is 1. The summed E-state index contributed by atoms with van der Waals surface area (Å²) >= 11 is 0. The molecule has 0 bridgehead atoms. The van der Waals surface area contributed by atoms with Gasteiger partial charge in [0, 0.05) is 13.1 Å². The zero-order valence-electron chi connectivity index (χ0n) is 10.5. The predicted octanol–water partition coefficient (Wildman–Crippen LogP) is 0.266. The summed E-state index contributed by atoms with van der Waals surface area (Å²) in [7, 11) is -2.57. The topological polar surface area (TPSA) is 98.5 Å². The summed E-state index contributed by atoms with van der Waals surface area (Å²) in [5.41, 5.74) is 5.25. The second-order valence-electron chi connectivity index (χ2n) is 3.55. The minimum Gasteiger partial charge on any atom is -0.465 e. The van der Waals surface area contributed by atoms with Crippen LogP contribution >= 0.6 is 0 Å². The van der Waals surface area contributed by atoms with Crippen LogP contribution in [0.5, 0.6) is 0 Å². The van der Waals surface area contributed by atoms with E-state index in [2.05, 4.69) is 9.46 Å². The molecule has 6 nitrogen and oxygen atoms in total. The van der Waals surface area contributed by atoms with Gasteiger partial charge in [0.1, 0.15) is 0 Å². The third-order valence-electron chi connectivity index (χ3n) is 2.28. The van der Waals surface area contributed by atoms with Gasteiger partial charge in [-0.25, -0.2) is 17.9 Å². The van der Waals surface area contributed by atoms with Crippen LogP contribution in [0.2, 0.25) is 0 Å². The zero-order chi connectivity index (χ0) is 14.3. The summed E-state index contributed by atoms with van der Waals surface area (Å²) in [5, 5.41) is 0. The number of carbonyl (C=O) groups excluding carboxylic acids is 1. The number of carbonyl (C=O) groups is 1. The Morgan fingerprint density at radius 1 is 1.37 bits per heavy atom. The van der Waals surface area contributed by atoms with Gasteiger partial charge >= 0.3 is 5.97 Å². The van der Waals surface area contributed by atoms with E-state index in [0.717, 1.165) is 0 Å². The molecule has 0 amide bonds. The fourth-order valence-corrected chi connectivity index (χ4v) is 2.56. The monoisotopic (exact) mass is 284 g/mol. The molecule has 0 aliphatic carbocycles. The molecule has 104 valence electrons. The minimum atomic E-state index is -3.77. The summed E-state index contributed by atoms with van der Waals surface area (Å²) in [4.78, 5) is 11.4. The molecule has 0 aromatic heterocycles. The molecule has 0 saturated heterocycles. The molecule has 1 aromatic carbocycles. The molecule has 1 aromatic rings. The summed E-state index contributed by atoms with van der Waals surface area (Å²) in [6, 6.07) is 5.85. The van der Waals surface area contributed by atoms with Crippen LogP contribution in [0.15, 0.2) is 41.3 Å². The van der Waals surface area contributed by atoms with Gasteiger partial charge in [-0.1, -0.05) is 24.3 Å². The van der Waals surface area contributed by atoms with Crippen LogP contribution in [0.4, 0.5) is 0 Å². The normalized spacial score (nSPS) is 11.7. The van der Waals surface area contributed by atoms with E-state index < -0.39 is 16.0 Å². The average Bonchev–Trinajstić information content (AvgIpc) is 2.43. The van der Waals surface area contributed by atoms with E-state index in [0.29, 0.717) is 6.54 Å². The maximum absolute atomic E-state index is 12.1. The predicted molar refractivity (Wildman–Crippen MR) is 71.2 cm³/mol. The maximum atomic E-state index is 12.1. The fourth-order valence-electron chi connectivity index (χ4n) is 1.39. The molecule has 0 radical (unpaired) electrons. The Hall–Kier alpha value is -1.70. The second-order valence-corrected chi connectivity index (χ2v) is 5.28. The number of nitrogens with two attached hydrogens (primary N) is 1. The number of methoxy groups -OCH3 is 1. The lowest BCUT2D eigenvalue weighted by molar-refractivity contribution is 0.0596. The summed E-state index contributed by atoms with van der Waals surface area (Å²) < 4.78 is 31.0. The Balaban J connectivity index is 3.01. The van der Waals surface area contributed by atoms with Crippen molar-refractivity contribution in [3.63, 3.8) is 0 Å². The number of rotatable bonds is 6. The molecular formula is C12H16N2O4S. The summed E-state index contributed by atoms with van der Waals surface area (Å²) in [6.45, 7) is 0.440. The Morgan fingerprint density at radius 2 is 2.05 bits per heavy atom. The van der Waals surface area contributed by atoms with Crippen molar-refractivity contribution in [1.29, 1.82) is 0 Å². The standard InChI is InChI=1S/C12H16N2O4S/c1-18-12(15)10-6-2-3-7-11(10)19(16,17)14-9-5-4-8-13/h2-7,14H,8-9,13H2,1H3/b5-4+. The highest BCUT2D eigenvalue weighted by atomic mass is 32.2. The Bertz CT molecular complexity index is 567. The van der Waals surface area contributed by atoms with Gasteiger partial charge in [-0.05, 0) is 12.1 Å². The number of ether oxygens (including phenoxy) is 1. The fraction of sp³-hybridized carbons (Fsp3) is 0.250. The highest BCUT2D eigenvalue weighted by Crippen LogP contribution is 2.15. The van der Waals surface area contributed by atoms with E-state index in [-0.39, 0.29) is 17.0 Å². The number of hydrogen-bond donors (Lipinski definition) is 2. The lowest BCUT2D eigenvalue weighted by Gasteiger charge is -2.08. The quantitative estimate of drug-likeness (QED) is 0.577. The molecule has 0 heterocycles. The second kappa shape index (κ2) is 7.03. The first-order valence-corrected chi connectivity index (χ1v) is 7.03. The Kier molecular flexibility index (Phi) is 5.68. The van der Waals surface area contributed by atoms with Crippen molar-refractivity contribution in [2.75, 3.05) is 20.2 Å². The van der Waals surface area contributed by atoms with Crippen molar-refractivity contribution in [2.45, 2.75) is 4.90 Å². The number of hydrogen-bond acceptors (Lipinski definition) is 5. The van der Waals surface area contributed by atoms with Crippen LogP contribution < -0.4 is 10.5 Å². The van der Waals surface area contributed by atoms with E-state index in [1.165, 1.54) is 25.3 Å². The van der Waals surface area contributed by atoms with E-state index in [1.54, 1.807) is 18.2 Å². The van der Waals surface area contributed by atoms with Gasteiger partial charge in [-0.15, -0.1) is 0 Å². The first-order chi connectivity index (χ1) is 9.03. The van der Waals surface area contributed by atoms with Gasteiger partial charge < -0.3 is 10.5 Å². The lowest BCUT2D eigenvalue weighted by Crippen LogP contribution is -2.26. The van der Waals surface area contributed by atoms with Crippen molar-refractivity contribution < 1.29 is 17.9 Å². The van der Waals surface area contributed by atoms with Crippen LogP contribution in [0, 0.1) is 0 Å². The minimum absolute atomic E-state index is 0.000282. The molecule has 0 fully saturated rings. The zero-order valence-corrected chi connectivity index (χ0v) is 11.3. The molecule has 1 rings (SSSR count). The van der Waals surface area contributed by atoms with E-state index in [4.69, 9.17) is 5.73 Å². The maximum Gasteiger partial charge on any atom is 0.339 e. The third kappa shape index (κ3) is 4.16. The van der Waals surface area contributed by atoms with Crippen molar-refractivity contribution in [3.05, 3.63) is 42.0 Å². The molecule has 7 heteroatoms. The highest BCUT2D eigenvalue weighted by molar-refractivity contribution is 7.89. The van der Waals surface area contributed by atoms with E-state index in [9.17, 15) is 13.2 Å². The van der Waals surface area contributed by atoms with Crippen molar-refractivity contribution in [2.24, 2.45) is 5.73 Å². The van der Waals surface area contributed by atoms with Crippen molar-refractivity contribution in [1.82, 2.24) is 4.72 Å². The number of esters is 1. The molecular weight excluding hydrogens is 268 g/mol. The van der Waals surface area contributed by atoms with Gasteiger partial charge in [-0.3, -0.25) is 0 Å². The molecule has 0 aliphatic heterocycles. The Labute approximate surface area is 112 Å². The van der Waals surface area contributed by atoms with E-state index in [1.807, 2.05) is 0 Å². The molecule has 0 aliphatic rings. The van der Waals surface area contributed by atoms with Crippen LogP contribution in [0.25, 0.3) is 0 Å². The van der Waals surface area contributed by atoms with E-state index >= 15 is 0 Å². The lowest BCUT2D eigenvalue weighted by atomic mass is 10.2. The summed E-state index contributed by atoms with van der Waals surface area (Å²) in [6.07, 6.45) is 3.23.